The molecule has 2 saturated heterocycles. The molecule has 1 N–H and O–H groups in total. The number of hydrogen-bond acceptors (Lipinski definition) is 3. The second-order valence-electron chi connectivity index (χ2n) is 5.97. The summed E-state index contributed by atoms with van der Waals surface area (Å²) in [6.07, 6.45) is 0. The Morgan fingerprint density at radius 1 is 1.26 bits per heavy atom. The topological polar surface area (TPSA) is 24.5 Å². The lowest BCUT2D eigenvalue weighted by atomic mass is 9.95. The summed E-state index contributed by atoms with van der Waals surface area (Å²) in [5.41, 5.74) is 1.39. The summed E-state index contributed by atoms with van der Waals surface area (Å²) in [6, 6.07) is 9.69. The van der Waals surface area contributed by atoms with Crippen molar-refractivity contribution < 1.29 is 4.74 Å². The molecule has 0 aliphatic carbocycles. The lowest BCUT2D eigenvalue weighted by Crippen LogP contribution is -2.35. The molecule has 0 spiro atoms. The van der Waals surface area contributed by atoms with Gasteiger partial charge in [0.2, 0.25) is 0 Å². The predicted octanol–water partition coefficient (Wildman–Crippen LogP) is 2.30. The number of benzene rings is 1. The number of nitrogens with zero attached hydrogens (tertiary/aromatic N) is 1. The first-order valence-electron chi connectivity index (χ1n) is 7.31. The van der Waals surface area contributed by atoms with Crippen LogP contribution in [0.5, 0.6) is 5.75 Å². The number of likely N-dealkylation sites (tertiary alicyclic amines) is 1. The van der Waals surface area contributed by atoms with E-state index in [4.69, 9.17) is 4.74 Å². The molecule has 2 aliphatic rings. The van der Waals surface area contributed by atoms with Gasteiger partial charge in [0.1, 0.15) is 5.75 Å². The van der Waals surface area contributed by atoms with Crippen LogP contribution in [0.3, 0.4) is 0 Å². The maximum absolute atomic E-state index is 5.23. The Bertz CT molecular complexity index is 431. The van der Waals surface area contributed by atoms with Crippen molar-refractivity contribution in [2.24, 2.45) is 11.8 Å². The molecule has 2 aliphatic heterocycles. The highest BCUT2D eigenvalue weighted by atomic mass is 16.5. The van der Waals surface area contributed by atoms with Crippen molar-refractivity contribution in [3.63, 3.8) is 0 Å². The number of rotatable bonds is 3. The lowest BCUT2D eigenvalue weighted by Gasteiger charge is -2.31. The Morgan fingerprint density at radius 3 is 2.63 bits per heavy atom. The molecular weight excluding hydrogens is 236 g/mol. The van der Waals surface area contributed by atoms with Crippen molar-refractivity contribution in [3.05, 3.63) is 29.8 Å². The normalized spacial score (nSPS) is 32.3. The number of fused-ring (bicyclic) bond motifs is 1. The third-order valence-electron chi connectivity index (χ3n) is 5.08. The van der Waals surface area contributed by atoms with E-state index in [0.717, 1.165) is 17.6 Å². The molecular formula is C16H24N2O. The first-order chi connectivity index (χ1) is 9.20. The van der Waals surface area contributed by atoms with Crippen molar-refractivity contribution in [1.82, 2.24) is 10.2 Å². The van der Waals surface area contributed by atoms with Crippen molar-refractivity contribution >= 4 is 0 Å². The van der Waals surface area contributed by atoms with Gasteiger partial charge in [0, 0.05) is 18.6 Å². The lowest BCUT2D eigenvalue weighted by molar-refractivity contribution is 0.182. The fraction of sp³-hybridized carbons (Fsp3) is 0.625. The van der Waals surface area contributed by atoms with Gasteiger partial charge < -0.3 is 10.1 Å². The average Bonchev–Trinajstić information content (AvgIpc) is 3.02. The zero-order valence-electron chi connectivity index (χ0n) is 12.1. The van der Waals surface area contributed by atoms with Gasteiger partial charge >= 0.3 is 0 Å². The van der Waals surface area contributed by atoms with E-state index in [1.807, 2.05) is 0 Å². The molecule has 1 aromatic rings. The van der Waals surface area contributed by atoms with Crippen LogP contribution in [0.1, 0.15) is 25.5 Å². The molecule has 1 aromatic carbocycles. The van der Waals surface area contributed by atoms with Gasteiger partial charge in [0.25, 0.3) is 0 Å². The summed E-state index contributed by atoms with van der Waals surface area (Å²) in [5.74, 6) is 2.61. The van der Waals surface area contributed by atoms with Crippen molar-refractivity contribution in [3.8, 4) is 5.75 Å². The van der Waals surface area contributed by atoms with Gasteiger partial charge in [-0.05, 0) is 56.5 Å². The summed E-state index contributed by atoms with van der Waals surface area (Å²) in [5, 5.41) is 3.53. The minimum absolute atomic E-state index is 0.492. The summed E-state index contributed by atoms with van der Waals surface area (Å²) < 4.78 is 5.23. The van der Waals surface area contributed by atoms with E-state index < -0.39 is 0 Å². The van der Waals surface area contributed by atoms with Gasteiger partial charge in [-0.25, -0.2) is 0 Å². The Kier molecular flexibility index (Phi) is 3.50. The summed E-state index contributed by atoms with van der Waals surface area (Å²) in [6.45, 7) is 8.33. The minimum Gasteiger partial charge on any atom is -0.497 e. The van der Waals surface area contributed by atoms with Crippen LogP contribution in [0.15, 0.2) is 24.3 Å². The standard InChI is InChI=1S/C16H24N2O/c1-11(13-4-6-15(19-3)7-5-13)18-10-14-8-17-9-16(14)12(18)2/h4-7,11-12,14,16-17H,8-10H2,1-3H3. The van der Waals surface area contributed by atoms with Crippen LogP contribution in [0, 0.1) is 11.8 Å². The Balaban J connectivity index is 1.74. The van der Waals surface area contributed by atoms with Crippen LogP contribution < -0.4 is 10.1 Å². The third kappa shape index (κ3) is 2.26. The first-order valence-corrected chi connectivity index (χ1v) is 7.31. The van der Waals surface area contributed by atoms with E-state index in [1.54, 1.807) is 7.11 Å². The predicted molar refractivity (Wildman–Crippen MR) is 77.4 cm³/mol. The highest BCUT2D eigenvalue weighted by Crippen LogP contribution is 2.37. The van der Waals surface area contributed by atoms with Gasteiger partial charge in [0.15, 0.2) is 0 Å². The molecule has 2 heterocycles. The number of nitrogens with one attached hydrogen (secondary N) is 1. The number of methoxy groups -OCH3 is 1. The fourth-order valence-corrected chi connectivity index (χ4v) is 3.79. The van der Waals surface area contributed by atoms with E-state index >= 15 is 0 Å². The van der Waals surface area contributed by atoms with Crippen LogP contribution >= 0.6 is 0 Å². The van der Waals surface area contributed by atoms with Gasteiger partial charge in [-0.3, -0.25) is 4.90 Å². The van der Waals surface area contributed by atoms with Crippen molar-refractivity contribution in [2.75, 3.05) is 26.7 Å². The van der Waals surface area contributed by atoms with E-state index in [9.17, 15) is 0 Å². The molecule has 4 atom stereocenters. The number of hydrogen-bond donors (Lipinski definition) is 1. The van der Waals surface area contributed by atoms with E-state index in [2.05, 4.69) is 48.3 Å². The zero-order chi connectivity index (χ0) is 13.4. The highest BCUT2D eigenvalue weighted by Gasteiger charge is 2.43. The van der Waals surface area contributed by atoms with Gasteiger partial charge in [0.05, 0.1) is 7.11 Å². The van der Waals surface area contributed by atoms with Crippen LogP contribution in [-0.2, 0) is 0 Å². The molecule has 0 radical (unpaired) electrons. The first kappa shape index (κ1) is 12.9. The Hall–Kier alpha value is -1.06. The summed E-state index contributed by atoms with van der Waals surface area (Å²) in [4.78, 5) is 2.66. The van der Waals surface area contributed by atoms with Gasteiger partial charge in [-0.2, -0.15) is 0 Å². The number of ether oxygens (including phenoxy) is 1. The highest BCUT2D eigenvalue weighted by molar-refractivity contribution is 5.29. The van der Waals surface area contributed by atoms with Crippen molar-refractivity contribution in [2.45, 2.75) is 25.9 Å². The molecule has 0 amide bonds. The van der Waals surface area contributed by atoms with Gasteiger partial charge in [-0.15, -0.1) is 0 Å². The van der Waals surface area contributed by atoms with E-state index in [1.165, 1.54) is 25.2 Å². The SMILES string of the molecule is COc1ccc(C(C)N2CC3CNCC3C2C)cc1. The maximum Gasteiger partial charge on any atom is 0.118 e. The van der Waals surface area contributed by atoms with E-state index in [0.29, 0.717) is 12.1 Å². The molecule has 19 heavy (non-hydrogen) atoms. The van der Waals surface area contributed by atoms with E-state index in [-0.39, 0.29) is 0 Å². The second kappa shape index (κ2) is 5.14. The molecule has 0 aromatic heterocycles. The monoisotopic (exact) mass is 260 g/mol. The summed E-state index contributed by atoms with van der Waals surface area (Å²) >= 11 is 0. The minimum atomic E-state index is 0.492. The molecule has 0 bridgehead atoms. The van der Waals surface area contributed by atoms with Crippen molar-refractivity contribution in [1.29, 1.82) is 0 Å². The molecule has 3 nitrogen and oxygen atoms in total. The maximum atomic E-state index is 5.23. The molecule has 104 valence electrons. The molecule has 3 rings (SSSR count). The quantitative estimate of drug-likeness (QED) is 0.902. The molecule has 2 fully saturated rings. The molecule has 0 saturated carbocycles. The van der Waals surface area contributed by atoms with Crippen LogP contribution in [0.2, 0.25) is 0 Å². The average molecular weight is 260 g/mol. The van der Waals surface area contributed by atoms with Gasteiger partial charge in [-0.1, -0.05) is 12.1 Å². The fourth-order valence-electron chi connectivity index (χ4n) is 3.79. The Labute approximate surface area is 115 Å². The third-order valence-corrected chi connectivity index (χ3v) is 5.08. The zero-order valence-corrected chi connectivity index (χ0v) is 12.1. The van der Waals surface area contributed by atoms with Crippen LogP contribution in [0.4, 0.5) is 0 Å². The van der Waals surface area contributed by atoms with Crippen LogP contribution in [0.25, 0.3) is 0 Å². The second-order valence-corrected chi connectivity index (χ2v) is 5.97. The smallest absolute Gasteiger partial charge is 0.118 e. The Morgan fingerprint density at radius 2 is 2.00 bits per heavy atom. The summed E-state index contributed by atoms with van der Waals surface area (Å²) in [7, 11) is 1.72. The molecule has 3 heteroatoms. The van der Waals surface area contributed by atoms with Crippen LogP contribution in [-0.4, -0.2) is 37.7 Å². The molecule has 4 unspecified atom stereocenters. The largest absolute Gasteiger partial charge is 0.497 e.